The van der Waals surface area contributed by atoms with Crippen LogP contribution in [0.15, 0.2) is 0 Å². The summed E-state index contributed by atoms with van der Waals surface area (Å²) in [7, 11) is -2.97. The Morgan fingerprint density at radius 3 is 0.673 bits per heavy atom. The van der Waals surface area contributed by atoms with Gasteiger partial charge in [-0.1, -0.05) is 252 Å². The van der Waals surface area contributed by atoms with E-state index >= 15 is 0 Å². The molecule has 0 aromatic rings. The third-order valence-electron chi connectivity index (χ3n) is 10.6. The first-order valence-corrected chi connectivity index (χ1v) is 24.8. The smallest absolute Gasteiger partial charge is 0.309 e. The summed E-state index contributed by atoms with van der Waals surface area (Å²) in [5.74, 6) is 0. The monoisotopic (exact) mass is 713 g/mol. The molecule has 0 bridgehead atoms. The minimum Gasteiger partial charge on any atom is -0.309 e. The predicted molar refractivity (Wildman–Crippen MR) is 221 cm³/mol. The third kappa shape index (κ3) is 40.8. The Morgan fingerprint density at radius 1 is 0.265 bits per heavy atom. The molecule has 0 aliphatic carbocycles. The van der Waals surface area contributed by atoms with Crippen LogP contribution in [-0.2, 0) is 13.6 Å². The van der Waals surface area contributed by atoms with Gasteiger partial charge in [0, 0.05) is 0 Å². The molecule has 0 aliphatic heterocycles. The second-order valence-corrected chi connectivity index (χ2v) is 17.9. The summed E-state index contributed by atoms with van der Waals surface area (Å²) in [5.41, 5.74) is 0. The molecule has 0 radical (unpaired) electrons. The quantitative estimate of drug-likeness (QED) is 0.0466. The zero-order valence-corrected chi connectivity index (χ0v) is 35.3. The summed E-state index contributed by atoms with van der Waals surface area (Å²) in [6, 6.07) is 0. The van der Waals surface area contributed by atoms with Crippen molar-refractivity contribution in [2.24, 2.45) is 0 Å². The zero-order valence-electron chi connectivity index (χ0n) is 34.4. The van der Waals surface area contributed by atoms with Gasteiger partial charge in [-0.15, -0.1) is 0 Å². The van der Waals surface area contributed by atoms with Crippen LogP contribution in [-0.4, -0.2) is 19.4 Å². The van der Waals surface area contributed by atoms with Crippen LogP contribution >= 0.6 is 7.60 Å². The second kappa shape index (κ2) is 42.6. The van der Waals surface area contributed by atoms with E-state index in [-0.39, 0.29) is 0 Å². The van der Waals surface area contributed by atoms with Gasteiger partial charge < -0.3 is 9.05 Å². The summed E-state index contributed by atoms with van der Waals surface area (Å²) < 4.78 is 25.9. The molecule has 0 saturated heterocycles. The van der Waals surface area contributed by atoms with Crippen molar-refractivity contribution in [1.29, 1.82) is 0 Å². The standard InChI is InChI=1S/C45H93O3P/c1-4-7-10-13-16-19-22-25-28-31-34-37-40-43-47-49(46,45-42-39-36-33-30-27-24-21-18-15-12-9-6-3)48-44-41-38-35-32-29-26-23-20-17-14-11-8-5-2/h4-45H2,1-3H3. The number of hydrogen-bond acceptors (Lipinski definition) is 3. The van der Waals surface area contributed by atoms with Gasteiger partial charge in [-0.05, 0) is 19.3 Å². The largest absolute Gasteiger partial charge is 0.330 e. The van der Waals surface area contributed by atoms with Crippen LogP contribution in [0.2, 0.25) is 0 Å². The van der Waals surface area contributed by atoms with Crippen LogP contribution < -0.4 is 0 Å². The van der Waals surface area contributed by atoms with Crippen molar-refractivity contribution >= 4 is 7.60 Å². The predicted octanol–water partition coefficient (Wildman–Crippen LogP) is 17.5. The van der Waals surface area contributed by atoms with Gasteiger partial charge in [0.15, 0.2) is 0 Å². The van der Waals surface area contributed by atoms with E-state index in [4.69, 9.17) is 9.05 Å². The minimum atomic E-state index is -2.97. The molecule has 0 spiro atoms. The summed E-state index contributed by atoms with van der Waals surface area (Å²) in [4.78, 5) is 0. The van der Waals surface area contributed by atoms with E-state index in [0.29, 0.717) is 19.4 Å². The van der Waals surface area contributed by atoms with Gasteiger partial charge in [0.25, 0.3) is 0 Å². The van der Waals surface area contributed by atoms with Crippen LogP contribution in [0.25, 0.3) is 0 Å². The average molecular weight is 713 g/mol. The molecular weight excluding hydrogens is 619 g/mol. The lowest BCUT2D eigenvalue weighted by Crippen LogP contribution is -2.04. The fraction of sp³-hybridized carbons (Fsp3) is 1.00. The molecular formula is C45H93O3P. The van der Waals surface area contributed by atoms with E-state index in [0.717, 1.165) is 25.7 Å². The Morgan fingerprint density at radius 2 is 0.449 bits per heavy atom. The lowest BCUT2D eigenvalue weighted by Gasteiger charge is -2.19. The van der Waals surface area contributed by atoms with Crippen molar-refractivity contribution in [2.75, 3.05) is 19.4 Å². The maximum Gasteiger partial charge on any atom is 0.330 e. The Labute approximate surface area is 310 Å². The van der Waals surface area contributed by atoms with Gasteiger partial charge in [-0.25, -0.2) is 0 Å². The first-order valence-electron chi connectivity index (χ1n) is 23.1. The molecule has 4 heteroatoms. The van der Waals surface area contributed by atoms with Gasteiger partial charge in [0.2, 0.25) is 0 Å². The highest BCUT2D eigenvalue weighted by Gasteiger charge is 2.23. The first kappa shape index (κ1) is 49.1. The molecule has 0 heterocycles. The second-order valence-electron chi connectivity index (χ2n) is 15.7. The highest BCUT2D eigenvalue weighted by atomic mass is 31.2. The zero-order chi connectivity index (χ0) is 35.6. The van der Waals surface area contributed by atoms with Crippen molar-refractivity contribution < 1.29 is 13.6 Å². The van der Waals surface area contributed by atoms with Crippen LogP contribution in [0.1, 0.15) is 271 Å². The molecule has 296 valence electrons. The molecule has 0 amide bonds. The SMILES string of the molecule is CCCCCCCCCCCCCCCOP(=O)(CCCCCCCCCCCCCCC)OCCCCCCCCCCCCCCC. The van der Waals surface area contributed by atoms with Gasteiger partial charge in [-0.2, -0.15) is 0 Å². The molecule has 0 N–H and O–H groups in total. The number of rotatable bonds is 44. The lowest BCUT2D eigenvalue weighted by atomic mass is 10.0. The first-order chi connectivity index (χ1) is 24.2. The average Bonchev–Trinajstić information content (AvgIpc) is 3.10. The van der Waals surface area contributed by atoms with Crippen molar-refractivity contribution in [3.8, 4) is 0 Å². The molecule has 0 aromatic heterocycles. The van der Waals surface area contributed by atoms with Gasteiger partial charge in [0.1, 0.15) is 0 Å². The van der Waals surface area contributed by atoms with E-state index in [2.05, 4.69) is 20.8 Å². The van der Waals surface area contributed by atoms with Crippen LogP contribution in [0, 0.1) is 0 Å². The molecule has 3 nitrogen and oxygen atoms in total. The molecule has 0 unspecified atom stereocenters. The lowest BCUT2D eigenvalue weighted by molar-refractivity contribution is 0.197. The van der Waals surface area contributed by atoms with E-state index in [9.17, 15) is 4.57 Å². The topological polar surface area (TPSA) is 35.5 Å². The summed E-state index contributed by atoms with van der Waals surface area (Å²) in [6.07, 6.45) is 52.8. The Balaban J connectivity index is 4.08. The van der Waals surface area contributed by atoms with Gasteiger partial charge in [0.05, 0.1) is 19.4 Å². The van der Waals surface area contributed by atoms with E-state index in [1.54, 1.807) is 0 Å². The highest BCUT2D eigenvalue weighted by molar-refractivity contribution is 7.53. The van der Waals surface area contributed by atoms with Gasteiger partial charge in [-0.3, -0.25) is 4.57 Å². The van der Waals surface area contributed by atoms with Crippen LogP contribution in [0.5, 0.6) is 0 Å². The van der Waals surface area contributed by atoms with Crippen molar-refractivity contribution in [3.05, 3.63) is 0 Å². The highest BCUT2D eigenvalue weighted by Crippen LogP contribution is 2.49. The van der Waals surface area contributed by atoms with Crippen LogP contribution in [0.3, 0.4) is 0 Å². The number of unbranched alkanes of at least 4 members (excludes halogenated alkanes) is 36. The van der Waals surface area contributed by atoms with E-state index in [1.165, 1.54) is 225 Å². The normalized spacial score (nSPS) is 12.0. The van der Waals surface area contributed by atoms with E-state index < -0.39 is 7.60 Å². The Hall–Kier alpha value is 0.150. The summed E-state index contributed by atoms with van der Waals surface area (Å²) in [6.45, 7) is 8.08. The minimum absolute atomic E-state index is 0.603. The molecule has 0 rings (SSSR count). The molecule has 0 fully saturated rings. The summed E-state index contributed by atoms with van der Waals surface area (Å²) in [5, 5.41) is 0. The number of hydrogen-bond donors (Lipinski definition) is 0. The van der Waals surface area contributed by atoms with Crippen molar-refractivity contribution in [2.45, 2.75) is 271 Å². The van der Waals surface area contributed by atoms with Crippen LogP contribution in [0.4, 0.5) is 0 Å². The molecule has 0 aromatic carbocycles. The fourth-order valence-corrected chi connectivity index (χ4v) is 8.89. The van der Waals surface area contributed by atoms with Crippen molar-refractivity contribution in [3.63, 3.8) is 0 Å². The molecule has 0 atom stereocenters. The Bertz CT molecular complexity index is 603. The Kier molecular flexibility index (Phi) is 42.7. The fourth-order valence-electron chi connectivity index (χ4n) is 7.14. The third-order valence-corrected chi connectivity index (χ3v) is 12.6. The maximum atomic E-state index is 13.7. The van der Waals surface area contributed by atoms with Gasteiger partial charge >= 0.3 is 7.60 Å². The summed E-state index contributed by atoms with van der Waals surface area (Å²) >= 11 is 0. The maximum absolute atomic E-state index is 13.7. The molecule has 0 saturated carbocycles. The van der Waals surface area contributed by atoms with Crippen molar-refractivity contribution in [1.82, 2.24) is 0 Å². The molecule has 49 heavy (non-hydrogen) atoms. The molecule has 0 aliphatic rings. The van der Waals surface area contributed by atoms with E-state index in [1.807, 2.05) is 0 Å².